The molecule has 0 heterocycles. The van der Waals surface area contributed by atoms with E-state index in [4.69, 9.17) is 9.47 Å². The molecule has 0 aromatic carbocycles. The zero-order valence-corrected chi connectivity index (χ0v) is 9.14. The summed E-state index contributed by atoms with van der Waals surface area (Å²) in [5.41, 5.74) is 0. The first-order valence-electron chi connectivity index (χ1n) is 5.15. The average molecular weight is 189 g/mol. The van der Waals surface area contributed by atoms with Gasteiger partial charge in [0.1, 0.15) is 0 Å². The van der Waals surface area contributed by atoms with Crippen molar-refractivity contribution < 1.29 is 9.47 Å². The summed E-state index contributed by atoms with van der Waals surface area (Å²) in [6.07, 6.45) is 2.14. The number of hydrogen-bond acceptors (Lipinski definition) is 3. The van der Waals surface area contributed by atoms with Crippen molar-refractivity contribution in [3.05, 3.63) is 0 Å². The lowest BCUT2D eigenvalue weighted by Gasteiger charge is -2.16. The van der Waals surface area contributed by atoms with E-state index in [2.05, 4.69) is 12.2 Å². The van der Waals surface area contributed by atoms with Crippen LogP contribution in [0.4, 0.5) is 0 Å². The van der Waals surface area contributed by atoms with Crippen molar-refractivity contribution >= 4 is 0 Å². The standard InChI is InChI=1S/C10H23NO2/c1-4-11-10(6-8-12-3)7-9-13-5-2/h10-11H,4-9H2,1-3H3. The normalized spacial score (nSPS) is 13.2. The molecule has 0 fully saturated rings. The van der Waals surface area contributed by atoms with Crippen LogP contribution in [0, 0.1) is 0 Å². The zero-order valence-electron chi connectivity index (χ0n) is 9.14. The minimum atomic E-state index is 0.538. The first-order valence-corrected chi connectivity index (χ1v) is 5.15. The maximum Gasteiger partial charge on any atom is 0.0480 e. The maximum absolute atomic E-state index is 5.31. The van der Waals surface area contributed by atoms with E-state index in [1.54, 1.807) is 7.11 Å². The molecule has 1 N–H and O–H groups in total. The molecule has 0 bridgehead atoms. The van der Waals surface area contributed by atoms with Crippen molar-refractivity contribution in [2.24, 2.45) is 0 Å². The first-order chi connectivity index (χ1) is 6.35. The fourth-order valence-electron chi connectivity index (χ4n) is 1.27. The Bertz CT molecular complexity index is 98.9. The van der Waals surface area contributed by atoms with Gasteiger partial charge in [-0.3, -0.25) is 0 Å². The molecule has 0 aromatic rings. The molecule has 80 valence electrons. The molecule has 3 nitrogen and oxygen atoms in total. The molecule has 1 atom stereocenters. The highest BCUT2D eigenvalue weighted by atomic mass is 16.5. The molecule has 3 heteroatoms. The van der Waals surface area contributed by atoms with Crippen LogP contribution in [-0.4, -0.2) is 39.5 Å². The van der Waals surface area contributed by atoms with Crippen molar-refractivity contribution in [2.45, 2.75) is 32.7 Å². The molecule has 0 spiro atoms. The number of methoxy groups -OCH3 is 1. The Morgan fingerprint density at radius 2 is 1.85 bits per heavy atom. The van der Waals surface area contributed by atoms with E-state index in [1.807, 2.05) is 6.92 Å². The molecule has 0 aliphatic carbocycles. The molecule has 0 rings (SSSR count). The Kier molecular flexibility index (Phi) is 9.87. The summed E-state index contributed by atoms with van der Waals surface area (Å²) in [4.78, 5) is 0. The zero-order chi connectivity index (χ0) is 9.94. The number of ether oxygens (including phenoxy) is 2. The Morgan fingerprint density at radius 1 is 1.15 bits per heavy atom. The van der Waals surface area contributed by atoms with E-state index < -0.39 is 0 Å². The minimum Gasteiger partial charge on any atom is -0.385 e. The van der Waals surface area contributed by atoms with Crippen LogP contribution in [0.3, 0.4) is 0 Å². The van der Waals surface area contributed by atoms with Gasteiger partial charge in [-0.15, -0.1) is 0 Å². The molecule has 0 aromatic heterocycles. The highest BCUT2D eigenvalue weighted by Gasteiger charge is 2.05. The van der Waals surface area contributed by atoms with Gasteiger partial charge in [-0.25, -0.2) is 0 Å². The number of nitrogens with one attached hydrogen (secondary N) is 1. The van der Waals surface area contributed by atoms with Gasteiger partial charge in [0.25, 0.3) is 0 Å². The molecule has 0 radical (unpaired) electrons. The van der Waals surface area contributed by atoms with Crippen LogP contribution in [-0.2, 0) is 9.47 Å². The van der Waals surface area contributed by atoms with Crippen LogP contribution >= 0.6 is 0 Å². The Labute approximate surface area is 81.8 Å². The Hall–Kier alpha value is -0.120. The Morgan fingerprint density at radius 3 is 2.38 bits per heavy atom. The monoisotopic (exact) mass is 189 g/mol. The largest absolute Gasteiger partial charge is 0.385 e. The van der Waals surface area contributed by atoms with E-state index in [0.717, 1.165) is 39.2 Å². The number of rotatable bonds is 9. The molecule has 0 aliphatic heterocycles. The van der Waals surface area contributed by atoms with Gasteiger partial charge < -0.3 is 14.8 Å². The second-order valence-corrected chi connectivity index (χ2v) is 3.02. The Balaban J connectivity index is 3.41. The van der Waals surface area contributed by atoms with Gasteiger partial charge in [0, 0.05) is 33.0 Å². The lowest BCUT2D eigenvalue weighted by Crippen LogP contribution is -2.31. The summed E-state index contributed by atoms with van der Waals surface area (Å²) in [7, 11) is 1.74. The summed E-state index contributed by atoms with van der Waals surface area (Å²) >= 11 is 0. The quantitative estimate of drug-likeness (QED) is 0.557. The predicted octanol–water partition coefficient (Wildman–Crippen LogP) is 1.43. The highest BCUT2D eigenvalue weighted by molar-refractivity contribution is 4.65. The van der Waals surface area contributed by atoms with Gasteiger partial charge in [-0.05, 0) is 26.3 Å². The molecular weight excluding hydrogens is 166 g/mol. The van der Waals surface area contributed by atoms with Crippen LogP contribution in [0.5, 0.6) is 0 Å². The lowest BCUT2D eigenvalue weighted by molar-refractivity contribution is 0.127. The molecule has 0 amide bonds. The minimum absolute atomic E-state index is 0.538. The molecule has 13 heavy (non-hydrogen) atoms. The summed E-state index contributed by atoms with van der Waals surface area (Å²) in [6, 6.07) is 0.538. The first kappa shape index (κ1) is 12.9. The van der Waals surface area contributed by atoms with Gasteiger partial charge in [-0.2, -0.15) is 0 Å². The predicted molar refractivity (Wildman–Crippen MR) is 55.1 cm³/mol. The van der Waals surface area contributed by atoms with Gasteiger partial charge in [0.05, 0.1) is 0 Å². The van der Waals surface area contributed by atoms with E-state index in [-0.39, 0.29) is 0 Å². The number of hydrogen-bond donors (Lipinski definition) is 1. The fraction of sp³-hybridized carbons (Fsp3) is 1.00. The van der Waals surface area contributed by atoms with Crippen LogP contribution in [0.15, 0.2) is 0 Å². The lowest BCUT2D eigenvalue weighted by atomic mass is 10.1. The van der Waals surface area contributed by atoms with Gasteiger partial charge in [0.2, 0.25) is 0 Å². The molecule has 0 saturated carbocycles. The highest BCUT2D eigenvalue weighted by Crippen LogP contribution is 1.98. The van der Waals surface area contributed by atoms with Gasteiger partial charge in [-0.1, -0.05) is 6.92 Å². The van der Waals surface area contributed by atoms with Crippen molar-refractivity contribution in [1.29, 1.82) is 0 Å². The van der Waals surface area contributed by atoms with E-state index in [1.165, 1.54) is 0 Å². The van der Waals surface area contributed by atoms with Gasteiger partial charge >= 0.3 is 0 Å². The van der Waals surface area contributed by atoms with E-state index in [9.17, 15) is 0 Å². The third-order valence-electron chi connectivity index (χ3n) is 1.98. The second-order valence-electron chi connectivity index (χ2n) is 3.02. The summed E-state index contributed by atoms with van der Waals surface area (Å²) in [5.74, 6) is 0. The third-order valence-corrected chi connectivity index (χ3v) is 1.98. The van der Waals surface area contributed by atoms with Crippen molar-refractivity contribution in [2.75, 3.05) is 33.5 Å². The topological polar surface area (TPSA) is 30.5 Å². The molecule has 0 aliphatic rings. The molecule has 0 saturated heterocycles. The third kappa shape index (κ3) is 8.22. The van der Waals surface area contributed by atoms with E-state index in [0.29, 0.717) is 6.04 Å². The SMILES string of the molecule is CCNC(CCOC)CCOCC. The summed E-state index contributed by atoms with van der Waals surface area (Å²) < 4.78 is 10.4. The average Bonchev–Trinajstić information content (AvgIpc) is 2.14. The smallest absolute Gasteiger partial charge is 0.0480 e. The molecular formula is C10H23NO2. The van der Waals surface area contributed by atoms with E-state index >= 15 is 0 Å². The van der Waals surface area contributed by atoms with Gasteiger partial charge in [0.15, 0.2) is 0 Å². The second kappa shape index (κ2) is 9.96. The molecule has 1 unspecified atom stereocenters. The summed E-state index contributed by atoms with van der Waals surface area (Å²) in [6.45, 7) is 7.64. The van der Waals surface area contributed by atoms with Crippen molar-refractivity contribution in [3.8, 4) is 0 Å². The van der Waals surface area contributed by atoms with Crippen molar-refractivity contribution in [1.82, 2.24) is 5.32 Å². The maximum atomic E-state index is 5.31. The van der Waals surface area contributed by atoms with Crippen LogP contribution < -0.4 is 5.32 Å². The van der Waals surface area contributed by atoms with Crippen LogP contribution in [0.1, 0.15) is 26.7 Å². The van der Waals surface area contributed by atoms with Crippen molar-refractivity contribution in [3.63, 3.8) is 0 Å². The fourth-order valence-corrected chi connectivity index (χ4v) is 1.27. The summed E-state index contributed by atoms with van der Waals surface area (Å²) in [5, 5.41) is 3.42. The van der Waals surface area contributed by atoms with Crippen LogP contribution in [0.2, 0.25) is 0 Å². The van der Waals surface area contributed by atoms with Crippen LogP contribution in [0.25, 0.3) is 0 Å².